The lowest BCUT2D eigenvalue weighted by Crippen LogP contribution is -2.53. The predicted octanol–water partition coefficient (Wildman–Crippen LogP) is 2.59. The standard InChI is InChI=1S/C15H24BrN5/c1-3-17-14-13(16)15(19-10-18-14)21-8-6-12-11(9-21)5-4-7-20(12)2/h10-12H,3-9H2,1-2H3,(H,17,18,19). The van der Waals surface area contributed by atoms with Gasteiger partial charge in [-0.25, -0.2) is 9.97 Å². The maximum Gasteiger partial charge on any atom is 0.148 e. The van der Waals surface area contributed by atoms with E-state index in [0.717, 1.165) is 47.7 Å². The summed E-state index contributed by atoms with van der Waals surface area (Å²) < 4.78 is 0.995. The van der Waals surface area contributed by atoms with E-state index in [4.69, 9.17) is 0 Å². The molecule has 0 amide bonds. The van der Waals surface area contributed by atoms with Crippen LogP contribution in [0.15, 0.2) is 10.8 Å². The highest BCUT2D eigenvalue weighted by molar-refractivity contribution is 9.10. The molecule has 2 unspecified atom stereocenters. The third-order valence-corrected chi connectivity index (χ3v) is 5.49. The smallest absolute Gasteiger partial charge is 0.148 e. The molecular weight excluding hydrogens is 330 g/mol. The first kappa shape index (κ1) is 15.0. The molecule has 2 saturated heterocycles. The number of nitrogens with zero attached hydrogens (tertiary/aromatic N) is 4. The molecule has 3 rings (SSSR count). The lowest BCUT2D eigenvalue weighted by Gasteiger charge is -2.46. The van der Waals surface area contributed by atoms with Crippen LogP contribution in [-0.2, 0) is 0 Å². The molecule has 1 aromatic heterocycles. The van der Waals surface area contributed by atoms with Crippen LogP contribution in [0.3, 0.4) is 0 Å². The van der Waals surface area contributed by atoms with E-state index in [9.17, 15) is 0 Å². The lowest BCUT2D eigenvalue weighted by atomic mass is 9.84. The molecule has 0 spiro atoms. The number of hydrogen-bond donors (Lipinski definition) is 1. The average Bonchev–Trinajstić information content (AvgIpc) is 2.49. The second-order valence-corrected chi connectivity index (χ2v) is 6.87. The van der Waals surface area contributed by atoms with E-state index in [2.05, 4.69) is 55.0 Å². The number of halogens is 1. The van der Waals surface area contributed by atoms with Crippen LogP contribution >= 0.6 is 15.9 Å². The minimum absolute atomic E-state index is 0.754. The molecular formula is C15H24BrN5. The van der Waals surface area contributed by atoms with E-state index < -0.39 is 0 Å². The van der Waals surface area contributed by atoms with Crippen molar-refractivity contribution in [3.63, 3.8) is 0 Å². The summed E-state index contributed by atoms with van der Waals surface area (Å²) in [6.07, 6.45) is 5.55. The van der Waals surface area contributed by atoms with Crippen molar-refractivity contribution in [3.05, 3.63) is 10.8 Å². The zero-order valence-corrected chi connectivity index (χ0v) is 14.4. The van der Waals surface area contributed by atoms with Crippen molar-refractivity contribution in [1.82, 2.24) is 14.9 Å². The van der Waals surface area contributed by atoms with Gasteiger partial charge in [-0.2, -0.15) is 0 Å². The molecule has 0 bridgehead atoms. The molecule has 0 radical (unpaired) electrons. The van der Waals surface area contributed by atoms with Crippen molar-refractivity contribution in [1.29, 1.82) is 0 Å². The maximum absolute atomic E-state index is 4.52. The molecule has 1 aromatic rings. The van der Waals surface area contributed by atoms with Crippen molar-refractivity contribution < 1.29 is 0 Å². The highest BCUT2D eigenvalue weighted by Gasteiger charge is 2.35. The van der Waals surface area contributed by atoms with Crippen LogP contribution < -0.4 is 10.2 Å². The van der Waals surface area contributed by atoms with Gasteiger partial charge in [0.15, 0.2) is 0 Å². The van der Waals surface area contributed by atoms with Gasteiger partial charge in [-0.05, 0) is 61.6 Å². The number of fused-ring (bicyclic) bond motifs is 1. The number of anilines is 2. The van der Waals surface area contributed by atoms with E-state index in [0.29, 0.717) is 0 Å². The molecule has 0 aliphatic carbocycles. The third kappa shape index (κ3) is 3.01. The first-order chi connectivity index (χ1) is 10.2. The summed E-state index contributed by atoms with van der Waals surface area (Å²) in [6.45, 7) is 6.38. The van der Waals surface area contributed by atoms with Crippen LogP contribution in [0.4, 0.5) is 11.6 Å². The second kappa shape index (κ2) is 6.48. The largest absolute Gasteiger partial charge is 0.369 e. The predicted molar refractivity (Wildman–Crippen MR) is 89.9 cm³/mol. The zero-order chi connectivity index (χ0) is 14.8. The van der Waals surface area contributed by atoms with Crippen LogP contribution in [-0.4, -0.2) is 54.1 Å². The van der Waals surface area contributed by atoms with Gasteiger partial charge < -0.3 is 15.1 Å². The van der Waals surface area contributed by atoms with Crippen molar-refractivity contribution >= 4 is 27.6 Å². The molecule has 116 valence electrons. The van der Waals surface area contributed by atoms with Gasteiger partial charge >= 0.3 is 0 Å². The molecule has 3 heterocycles. The second-order valence-electron chi connectivity index (χ2n) is 6.08. The Labute approximate surface area is 135 Å². The number of rotatable bonds is 3. The molecule has 5 nitrogen and oxygen atoms in total. The van der Waals surface area contributed by atoms with Gasteiger partial charge in [0.2, 0.25) is 0 Å². The fraction of sp³-hybridized carbons (Fsp3) is 0.733. The van der Waals surface area contributed by atoms with Crippen molar-refractivity contribution in [2.45, 2.75) is 32.2 Å². The van der Waals surface area contributed by atoms with Gasteiger partial charge in [-0.3, -0.25) is 0 Å². The Bertz CT molecular complexity index is 495. The molecule has 2 atom stereocenters. The van der Waals surface area contributed by atoms with E-state index in [1.165, 1.54) is 25.8 Å². The summed E-state index contributed by atoms with van der Waals surface area (Å²) >= 11 is 3.68. The SMILES string of the molecule is CCNc1ncnc(N2CCC3C(CCCN3C)C2)c1Br. The molecule has 0 saturated carbocycles. The Morgan fingerprint density at radius 1 is 1.33 bits per heavy atom. The number of piperidine rings is 2. The van der Waals surface area contributed by atoms with Crippen molar-refractivity contribution in [3.8, 4) is 0 Å². The van der Waals surface area contributed by atoms with Crippen LogP contribution in [0.1, 0.15) is 26.2 Å². The lowest BCUT2D eigenvalue weighted by molar-refractivity contribution is 0.102. The molecule has 0 aromatic carbocycles. The average molecular weight is 354 g/mol. The minimum Gasteiger partial charge on any atom is -0.369 e. The van der Waals surface area contributed by atoms with E-state index >= 15 is 0 Å². The Morgan fingerprint density at radius 3 is 3.00 bits per heavy atom. The van der Waals surface area contributed by atoms with Crippen LogP contribution in [0.5, 0.6) is 0 Å². The van der Waals surface area contributed by atoms with Gasteiger partial charge in [-0.1, -0.05) is 0 Å². The van der Waals surface area contributed by atoms with Gasteiger partial charge in [0, 0.05) is 25.7 Å². The Hall–Kier alpha value is -0.880. The fourth-order valence-electron chi connectivity index (χ4n) is 3.72. The van der Waals surface area contributed by atoms with E-state index in [1.807, 2.05) is 0 Å². The minimum atomic E-state index is 0.754. The van der Waals surface area contributed by atoms with Gasteiger partial charge in [0.25, 0.3) is 0 Å². The van der Waals surface area contributed by atoms with Crippen LogP contribution in [0, 0.1) is 5.92 Å². The first-order valence-corrected chi connectivity index (χ1v) is 8.69. The molecule has 2 aliphatic heterocycles. The molecule has 2 fully saturated rings. The topological polar surface area (TPSA) is 44.3 Å². The molecule has 1 N–H and O–H groups in total. The fourth-order valence-corrected chi connectivity index (χ4v) is 4.31. The van der Waals surface area contributed by atoms with E-state index in [-0.39, 0.29) is 0 Å². The van der Waals surface area contributed by atoms with Crippen molar-refractivity contribution in [2.24, 2.45) is 5.92 Å². The van der Waals surface area contributed by atoms with Crippen LogP contribution in [0.2, 0.25) is 0 Å². The van der Waals surface area contributed by atoms with Gasteiger partial charge in [0.05, 0.1) is 0 Å². The van der Waals surface area contributed by atoms with Crippen molar-refractivity contribution in [2.75, 3.05) is 43.4 Å². The van der Waals surface area contributed by atoms with Gasteiger partial charge in [-0.15, -0.1) is 0 Å². The summed E-state index contributed by atoms with van der Waals surface area (Å²) in [7, 11) is 2.27. The van der Waals surface area contributed by atoms with E-state index in [1.54, 1.807) is 6.33 Å². The number of hydrogen-bond acceptors (Lipinski definition) is 5. The number of likely N-dealkylation sites (tertiary alicyclic amines) is 1. The van der Waals surface area contributed by atoms with Crippen LogP contribution in [0.25, 0.3) is 0 Å². The maximum atomic E-state index is 4.52. The highest BCUT2D eigenvalue weighted by atomic mass is 79.9. The summed E-state index contributed by atoms with van der Waals surface area (Å²) in [5.74, 6) is 2.69. The molecule has 6 heteroatoms. The first-order valence-electron chi connectivity index (χ1n) is 7.90. The Morgan fingerprint density at radius 2 is 2.19 bits per heavy atom. The number of aromatic nitrogens is 2. The Kier molecular flexibility index (Phi) is 4.64. The monoisotopic (exact) mass is 353 g/mol. The summed E-state index contributed by atoms with van der Waals surface area (Å²) in [6, 6.07) is 0.754. The summed E-state index contributed by atoms with van der Waals surface area (Å²) in [5.41, 5.74) is 0. The summed E-state index contributed by atoms with van der Waals surface area (Å²) in [4.78, 5) is 13.8. The quantitative estimate of drug-likeness (QED) is 0.904. The molecule has 21 heavy (non-hydrogen) atoms. The Balaban J connectivity index is 1.78. The zero-order valence-electron chi connectivity index (χ0n) is 12.8. The normalized spacial score (nSPS) is 26.5. The third-order valence-electron chi connectivity index (χ3n) is 4.76. The van der Waals surface area contributed by atoms with Gasteiger partial charge in [0.1, 0.15) is 22.4 Å². The molecule has 2 aliphatic rings. The highest BCUT2D eigenvalue weighted by Crippen LogP contribution is 2.35. The summed E-state index contributed by atoms with van der Waals surface area (Å²) in [5, 5.41) is 3.29. The number of nitrogens with one attached hydrogen (secondary N) is 1.